The molecule has 0 fully saturated rings. The van der Waals surface area contributed by atoms with E-state index in [2.05, 4.69) is 10.3 Å². The lowest BCUT2D eigenvalue weighted by atomic mass is 10.2. The number of rotatable bonds is 5. The van der Waals surface area contributed by atoms with Gasteiger partial charge in [-0.05, 0) is 25.0 Å². The van der Waals surface area contributed by atoms with Crippen LogP contribution in [0.2, 0.25) is 0 Å². The van der Waals surface area contributed by atoms with E-state index in [1.54, 1.807) is 19.4 Å². The van der Waals surface area contributed by atoms with E-state index in [-0.39, 0.29) is 5.69 Å². The number of aromatic nitrogens is 2. The van der Waals surface area contributed by atoms with E-state index in [4.69, 9.17) is 0 Å². The number of aryl methyl sites for hydroxylation is 2. The first-order chi connectivity index (χ1) is 8.66. The van der Waals surface area contributed by atoms with Crippen LogP contribution in [-0.2, 0) is 6.54 Å². The Kier molecular flexibility index (Phi) is 3.92. The molecule has 96 valence electrons. The molecule has 0 spiro atoms. The molecule has 0 unspecified atom stereocenters. The summed E-state index contributed by atoms with van der Waals surface area (Å²) in [4.78, 5) is 3.93. The van der Waals surface area contributed by atoms with Crippen LogP contribution in [-0.4, -0.2) is 16.1 Å². The molecular weight excluding hydrogens is 236 g/mol. The highest BCUT2D eigenvalue weighted by Gasteiger charge is 2.06. The number of benzene rings is 1. The van der Waals surface area contributed by atoms with E-state index in [1.165, 1.54) is 12.1 Å². The highest BCUT2D eigenvalue weighted by atomic mass is 19.1. The van der Waals surface area contributed by atoms with Crippen molar-refractivity contribution in [2.24, 2.45) is 0 Å². The highest BCUT2D eigenvalue weighted by Crippen LogP contribution is 2.18. The van der Waals surface area contributed by atoms with Gasteiger partial charge in [0.05, 0.1) is 12.0 Å². The minimum absolute atomic E-state index is 0.212. The molecule has 2 rings (SSSR count). The van der Waals surface area contributed by atoms with Crippen LogP contribution in [0.1, 0.15) is 12.0 Å². The van der Waals surface area contributed by atoms with Crippen LogP contribution in [0.3, 0.4) is 0 Å². The lowest BCUT2D eigenvalue weighted by Gasteiger charge is -2.09. The molecule has 0 saturated carbocycles. The van der Waals surface area contributed by atoms with Crippen LogP contribution >= 0.6 is 0 Å². The smallest absolute Gasteiger partial charge is 0.146 e. The number of hydrogen-bond donors (Lipinski definition) is 1. The van der Waals surface area contributed by atoms with Gasteiger partial charge >= 0.3 is 0 Å². The van der Waals surface area contributed by atoms with Crippen molar-refractivity contribution in [3.8, 4) is 0 Å². The Morgan fingerprint density at radius 3 is 2.83 bits per heavy atom. The van der Waals surface area contributed by atoms with E-state index < -0.39 is 11.6 Å². The summed E-state index contributed by atoms with van der Waals surface area (Å²) in [6.45, 7) is 2.92. The van der Waals surface area contributed by atoms with Crippen molar-refractivity contribution in [3.05, 3.63) is 48.1 Å². The van der Waals surface area contributed by atoms with Crippen LogP contribution < -0.4 is 5.32 Å². The van der Waals surface area contributed by atoms with Crippen molar-refractivity contribution in [1.82, 2.24) is 9.55 Å². The monoisotopic (exact) mass is 251 g/mol. The van der Waals surface area contributed by atoms with Crippen LogP contribution in [0, 0.1) is 18.6 Å². The minimum atomic E-state index is -0.420. The van der Waals surface area contributed by atoms with Gasteiger partial charge in [-0.1, -0.05) is 0 Å². The van der Waals surface area contributed by atoms with E-state index in [0.29, 0.717) is 12.1 Å². The largest absolute Gasteiger partial charge is 0.383 e. The van der Waals surface area contributed by atoms with Crippen LogP contribution in [0.5, 0.6) is 0 Å². The summed E-state index contributed by atoms with van der Waals surface area (Å²) in [5.41, 5.74) is 0.528. The number of nitrogens with one attached hydrogen (secondary N) is 1. The highest BCUT2D eigenvalue weighted by molar-refractivity contribution is 5.46. The van der Waals surface area contributed by atoms with Gasteiger partial charge in [0.25, 0.3) is 0 Å². The fourth-order valence-electron chi connectivity index (χ4n) is 1.69. The first-order valence-electron chi connectivity index (χ1n) is 5.82. The lowest BCUT2D eigenvalue weighted by molar-refractivity contribution is 0.593. The fourth-order valence-corrected chi connectivity index (χ4v) is 1.69. The summed E-state index contributed by atoms with van der Waals surface area (Å²) in [6, 6.07) is 2.40. The van der Waals surface area contributed by atoms with Crippen molar-refractivity contribution < 1.29 is 8.78 Å². The lowest BCUT2D eigenvalue weighted by Crippen LogP contribution is -2.07. The topological polar surface area (TPSA) is 29.9 Å². The van der Waals surface area contributed by atoms with Gasteiger partial charge in [0.15, 0.2) is 0 Å². The number of anilines is 1. The third kappa shape index (κ3) is 3.06. The summed E-state index contributed by atoms with van der Waals surface area (Å²) in [6.07, 6.45) is 6.12. The third-order valence-corrected chi connectivity index (χ3v) is 2.72. The molecule has 0 radical (unpaired) electrons. The molecule has 1 aromatic heterocycles. The van der Waals surface area contributed by atoms with Gasteiger partial charge in [0, 0.05) is 31.5 Å². The van der Waals surface area contributed by atoms with Crippen molar-refractivity contribution in [3.63, 3.8) is 0 Å². The summed E-state index contributed by atoms with van der Waals surface area (Å²) in [5.74, 6) is -0.815. The Balaban J connectivity index is 1.85. The molecule has 2 aromatic rings. The van der Waals surface area contributed by atoms with Gasteiger partial charge in [-0.15, -0.1) is 0 Å². The van der Waals surface area contributed by atoms with Gasteiger partial charge < -0.3 is 9.88 Å². The van der Waals surface area contributed by atoms with E-state index in [9.17, 15) is 8.78 Å². The second-order valence-electron chi connectivity index (χ2n) is 4.16. The van der Waals surface area contributed by atoms with E-state index in [1.807, 2.05) is 10.8 Å². The number of hydrogen-bond acceptors (Lipinski definition) is 2. The van der Waals surface area contributed by atoms with Crippen molar-refractivity contribution in [2.45, 2.75) is 19.9 Å². The maximum atomic E-state index is 13.5. The number of imidazole rings is 1. The van der Waals surface area contributed by atoms with Gasteiger partial charge in [-0.25, -0.2) is 13.8 Å². The average molecular weight is 251 g/mol. The zero-order valence-electron chi connectivity index (χ0n) is 10.2. The van der Waals surface area contributed by atoms with Crippen molar-refractivity contribution in [1.29, 1.82) is 0 Å². The quantitative estimate of drug-likeness (QED) is 0.828. The van der Waals surface area contributed by atoms with Crippen molar-refractivity contribution >= 4 is 5.69 Å². The predicted octanol–water partition coefficient (Wildman–Crippen LogP) is 2.97. The Bertz CT molecular complexity index is 509. The Labute approximate surface area is 104 Å². The fraction of sp³-hybridized carbons (Fsp3) is 0.308. The van der Waals surface area contributed by atoms with E-state index >= 15 is 0 Å². The molecule has 5 heteroatoms. The second kappa shape index (κ2) is 5.62. The van der Waals surface area contributed by atoms with Gasteiger partial charge in [0.2, 0.25) is 0 Å². The standard InChI is InChI=1S/C13H15F2N3/c1-10-7-12(15)13(8-11(10)14)17-3-2-5-18-6-4-16-9-18/h4,6-9,17H,2-3,5H2,1H3. The van der Waals surface area contributed by atoms with Crippen LogP contribution in [0.15, 0.2) is 30.9 Å². The molecule has 18 heavy (non-hydrogen) atoms. The Morgan fingerprint density at radius 1 is 1.28 bits per heavy atom. The first-order valence-corrected chi connectivity index (χ1v) is 5.82. The summed E-state index contributed by atoms with van der Waals surface area (Å²) >= 11 is 0. The minimum Gasteiger partial charge on any atom is -0.383 e. The van der Waals surface area contributed by atoms with E-state index in [0.717, 1.165) is 13.0 Å². The molecular formula is C13H15F2N3. The first kappa shape index (κ1) is 12.5. The Hall–Kier alpha value is -1.91. The molecule has 1 N–H and O–H groups in total. The predicted molar refractivity (Wildman–Crippen MR) is 66.4 cm³/mol. The maximum Gasteiger partial charge on any atom is 0.146 e. The zero-order valence-corrected chi connectivity index (χ0v) is 10.2. The summed E-state index contributed by atoms with van der Waals surface area (Å²) in [5, 5.41) is 2.89. The summed E-state index contributed by atoms with van der Waals surface area (Å²) in [7, 11) is 0. The normalized spacial score (nSPS) is 10.6. The second-order valence-corrected chi connectivity index (χ2v) is 4.16. The molecule has 3 nitrogen and oxygen atoms in total. The molecule has 0 atom stereocenters. The molecule has 0 bridgehead atoms. The van der Waals surface area contributed by atoms with Gasteiger partial charge in [0.1, 0.15) is 11.6 Å². The number of halogens is 2. The zero-order chi connectivity index (χ0) is 13.0. The molecule has 1 aromatic carbocycles. The number of nitrogens with zero attached hydrogens (tertiary/aromatic N) is 2. The third-order valence-electron chi connectivity index (χ3n) is 2.72. The average Bonchev–Trinajstić information content (AvgIpc) is 2.84. The molecule has 0 aliphatic heterocycles. The molecule has 0 aliphatic rings. The summed E-state index contributed by atoms with van der Waals surface area (Å²) < 4.78 is 28.7. The molecule has 0 saturated heterocycles. The van der Waals surface area contributed by atoms with Gasteiger partial charge in [-0.3, -0.25) is 0 Å². The van der Waals surface area contributed by atoms with Gasteiger partial charge in [-0.2, -0.15) is 0 Å². The van der Waals surface area contributed by atoms with Crippen LogP contribution in [0.4, 0.5) is 14.5 Å². The SMILES string of the molecule is Cc1cc(F)c(NCCCn2ccnc2)cc1F. The molecule has 1 heterocycles. The Morgan fingerprint density at radius 2 is 2.11 bits per heavy atom. The van der Waals surface area contributed by atoms with Crippen LogP contribution in [0.25, 0.3) is 0 Å². The maximum absolute atomic E-state index is 13.5. The van der Waals surface area contributed by atoms with Crippen molar-refractivity contribution in [2.75, 3.05) is 11.9 Å². The molecule has 0 aliphatic carbocycles. The molecule has 0 amide bonds.